The van der Waals surface area contributed by atoms with Gasteiger partial charge in [-0.15, -0.1) is 0 Å². The molecule has 1 aliphatic heterocycles. The van der Waals surface area contributed by atoms with Gasteiger partial charge in [0.2, 0.25) is 5.91 Å². The molecule has 1 aliphatic carbocycles. The minimum absolute atomic E-state index is 0.0682. The molecule has 0 spiro atoms. The summed E-state index contributed by atoms with van der Waals surface area (Å²) in [5.41, 5.74) is 1.91. The molecule has 1 unspecified atom stereocenters. The summed E-state index contributed by atoms with van der Waals surface area (Å²) in [6.45, 7) is 7.84. The number of esters is 1. The van der Waals surface area contributed by atoms with Crippen LogP contribution in [0.2, 0.25) is 0 Å². The van der Waals surface area contributed by atoms with Crippen molar-refractivity contribution < 1.29 is 19.1 Å². The first-order chi connectivity index (χ1) is 16.2. The third-order valence-electron chi connectivity index (χ3n) is 7.07. The van der Waals surface area contributed by atoms with E-state index in [2.05, 4.69) is 10.4 Å². The number of carbonyl (C=O) groups is 3. The molecule has 8 nitrogen and oxygen atoms in total. The molecule has 34 heavy (non-hydrogen) atoms. The van der Waals surface area contributed by atoms with Gasteiger partial charge in [-0.1, -0.05) is 31.7 Å². The van der Waals surface area contributed by atoms with Crippen molar-refractivity contribution in [1.82, 2.24) is 15.1 Å². The van der Waals surface area contributed by atoms with Crippen LogP contribution in [0, 0.1) is 13.8 Å². The highest BCUT2D eigenvalue weighted by atomic mass is 16.5. The maximum atomic E-state index is 13.8. The number of fused-ring (bicyclic) bond motifs is 1. The molecule has 0 saturated heterocycles. The zero-order valence-electron chi connectivity index (χ0n) is 20.5. The number of aryl methyl sites for hydroxylation is 2. The van der Waals surface area contributed by atoms with Crippen LogP contribution in [0.4, 0.5) is 5.69 Å². The van der Waals surface area contributed by atoms with Crippen molar-refractivity contribution in [3.63, 3.8) is 0 Å². The molecule has 4 rings (SSSR count). The zero-order valence-corrected chi connectivity index (χ0v) is 20.5. The van der Waals surface area contributed by atoms with Crippen LogP contribution in [-0.2, 0) is 16.1 Å². The number of nitrogens with zero attached hydrogens (tertiary/aromatic N) is 3. The monoisotopic (exact) mass is 466 g/mol. The van der Waals surface area contributed by atoms with E-state index in [0.717, 1.165) is 36.8 Å². The summed E-state index contributed by atoms with van der Waals surface area (Å²) in [5.74, 6) is -1.15. The van der Waals surface area contributed by atoms with Crippen LogP contribution in [0.15, 0.2) is 24.3 Å². The maximum Gasteiger partial charge on any atom is 0.358 e. The topological polar surface area (TPSA) is 93.5 Å². The van der Waals surface area contributed by atoms with Crippen LogP contribution in [0.25, 0.3) is 0 Å². The second-order valence-corrected chi connectivity index (χ2v) is 9.64. The number of amides is 2. The van der Waals surface area contributed by atoms with E-state index in [1.165, 1.54) is 23.6 Å². The lowest BCUT2D eigenvalue weighted by Crippen LogP contribution is -2.65. The average molecular weight is 467 g/mol. The smallest absolute Gasteiger partial charge is 0.358 e. The number of hydrogen-bond acceptors (Lipinski definition) is 5. The molecular formula is C26H34N4O4. The Morgan fingerprint density at radius 1 is 1.12 bits per heavy atom. The van der Waals surface area contributed by atoms with Crippen molar-refractivity contribution in [2.75, 3.05) is 11.5 Å². The van der Waals surface area contributed by atoms with Crippen LogP contribution in [0.3, 0.4) is 0 Å². The SMILES string of the molecule is CCOC(=O)c1cc2n(n1)CC(C)(C(=O)NC1CCCCCC1)N(c1ccc(C)c(C)c1)C2=O. The Balaban J connectivity index is 1.75. The molecular weight excluding hydrogens is 432 g/mol. The number of carbonyl (C=O) groups excluding carboxylic acids is 3. The van der Waals surface area contributed by atoms with E-state index in [-0.39, 0.29) is 42.4 Å². The fourth-order valence-electron chi connectivity index (χ4n) is 4.92. The summed E-state index contributed by atoms with van der Waals surface area (Å²) in [6, 6.07) is 7.31. The van der Waals surface area contributed by atoms with Crippen LogP contribution >= 0.6 is 0 Å². The Labute approximate surface area is 200 Å². The van der Waals surface area contributed by atoms with Gasteiger partial charge in [-0.25, -0.2) is 4.79 Å². The number of hydrogen-bond donors (Lipinski definition) is 1. The Morgan fingerprint density at radius 3 is 2.47 bits per heavy atom. The molecule has 1 aromatic carbocycles. The summed E-state index contributed by atoms with van der Waals surface area (Å²) >= 11 is 0. The normalized spacial score (nSPS) is 21.1. The molecule has 0 radical (unpaired) electrons. The van der Waals surface area contributed by atoms with Crippen molar-refractivity contribution >= 4 is 23.5 Å². The van der Waals surface area contributed by atoms with Gasteiger partial charge in [0.05, 0.1) is 13.2 Å². The number of ether oxygens (including phenoxy) is 1. The number of anilines is 1. The van der Waals surface area contributed by atoms with Crippen LogP contribution in [-0.4, -0.2) is 45.8 Å². The van der Waals surface area contributed by atoms with Gasteiger partial charge >= 0.3 is 5.97 Å². The lowest BCUT2D eigenvalue weighted by atomic mass is 9.92. The molecule has 1 N–H and O–H groups in total. The van der Waals surface area contributed by atoms with Gasteiger partial charge in [0, 0.05) is 17.8 Å². The van der Waals surface area contributed by atoms with Gasteiger partial charge in [0.25, 0.3) is 5.91 Å². The third-order valence-corrected chi connectivity index (χ3v) is 7.07. The molecule has 0 bridgehead atoms. The Bertz CT molecular complexity index is 1100. The lowest BCUT2D eigenvalue weighted by Gasteiger charge is -2.43. The minimum Gasteiger partial charge on any atom is -0.461 e. The van der Waals surface area contributed by atoms with E-state index in [4.69, 9.17) is 4.74 Å². The number of nitrogens with one attached hydrogen (secondary N) is 1. The molecule has 1 fully saturated rings. The van der Waals surface area contributed by atoms with Crippen molar-refractivity contribution in [3.8, 4) is 0 Å². The fraction of sp³-hybridized carbons (Fsp3) is 0.538. The molecule has 1 saturated carbocycles. The second kappa shape index (κ2) is 9.60. The lowest BCUT2D eigenvalue weighted by molar-refractivity contribution is -0.127. The quantitative estimate of drug-likeness (QED) is 0.532. The van der Waals surface area contributed by atoms with E-state index >= 15 is 0 Å². The van der Waals surface area contributed by atoms with Crippen LogP contribution in [0.1, 0.15) is 84.5 Å². The van der Waals surface area contributed by atoms with Gasteiger partial charge in [0.15, 0.2) is 5.69 Å². The van der Waals surface area contributed by atoms with Crippen molar-refractivity contribution in [2.24, 2.45) is 0 Å². The van der Waals surface area contributed by atoms with E-state index in [1.807, 2.05) is 32.0 Å². The molecule has 8 heteroatoms. The Morgan fingerprint density at radius 2 is 1.82 bits per heavy atom. The summed E-state index contributed by atoms with van der Waals surface area (Å²) in [4.78, 5) is 41.5. The first kappa shape index (κ1) is 24.0. The Kier molecular flexibility index (Phi) is 6.77. The predicted octanol–water partition coefficient (Wildman–Crippen LogP) is 3.93. The maximum absolute atomic E-state index is 13.8. The highest BCUT2D eigenvalue weighted by Gasteiger charge is 2.49. The van der Waals surface area contributed by atoms with Gasteiger partial charge in [-0.3, -0.25) is 19.2 Å². The highest BCUT2D eigenvalue weighted by Crippen LogP contribution is 2.34. The van der Waals surface area contributed by atoms with Gasteiger partial charge in [-0.2, -0.15) is 5.10 Å². The molecule has 2 heterocycles. The molecule has 182 valence electrons. The first-order valence-corrected chi connectivity index (χ1v) is 12.2. The molecule has 1 atom stereocenters. The van der Waals surface area contributed by atoms with Crippen molar-refractivity contribution in [1.29, 1.82) is 0 Å². The molecule has 2 amide bonds. The van der Waals surface area contributed by atoms with Crippen LogP contribution < -0.4 is 10.2 Å². The molecule has 2 aliphatic rings. The average Bonchev–Trinajstić information content (AvgIpc) is 3.05. The zero-order chi connectivity index (χ0) is 24.5. The molecule has 2 aromatic rings. The minimum atomic E-state index is -1.21. The van der Waals surface area contributed by atoms with Crippen molar-refractivity contribution in [2.45, 2.75) is 84.3 Å². The van der Waals surface area contributed by atoms with E-state index < -0.39 is 11.5 Å². The van der Waals surface area contributed by atoms with E-state index in [0.29, 0.717) is 5.69 Å². The summed E-state index contributed by atoms with van der Waals surface area (Å²) < 4.78 is 6.55. The van der Waals surface area contributed by atoms with Crippen molar-refractivity contribution in [3.05, 3.63) is 46.8 Å². The van der Waals surface area contributed by atoms with E-state index in [9.17, 15) is 14.4 Å². The third kappa shape index (κ3) is 4.45. The van der Waals surface area contributed by atoms with Gasteiger partial charge in [-0.05, 0) is 63.8 Å². The largest absolute Gasteiger partial charge is 0.461 e. The highest BCUT2D eigenvalue weighted by molar-refractivity contribution is 6.12. The van der Waals surface area contributed by atoms with Gasteiger partial charge in [0.1, 0.15) is 11.2 Å². The second-order valence-electron chi connectivity index (χ2n) is 9.64. The predicted molar refractivity (Wildman–Crippen MR) is 129 cm³/mol. The molecule has 1 aromatic heterocycles. The summed E-state index contributed by atoms with van der Waals surface area (Å²) in [5, 5.41) is 7.56. The number of rotatable bonds is 5. The van der Waals surface area contributed by atoms with E-state index in [1.54, 1.807) is 18.7 Å². The Hall–Kier alpha value is -3.16. The summed E-state index contributed by atoms with van der Waals surface area (Å²) in [7, 11) is 0. The van der Waals surface area contributed by atoms with Gasteiger partial charge < -0.3 is 10.1 Å². The summed E-state index contributed by atoms with van der Waals surface area (Å²) in [6.07, 6.45) is 6.44. The number of aromatic nitrogens is 2. The standard InChI is InChI=1S/C26H34N4O4/c1-5-34-24(32)21-15-22-23(31)30(20-13-12-17(2)18(3)14-20)26(4,16-29(22)28-21)25(33)27-19-10-8-6-7-9-11-19/h12-15,19H,5-11,16H2,1-4H3,(H,27,33). The van der Waals surface area contributed by atoms with Crippen LogP contribution in [0.5, 0.6) is 0 Å². The first-order valence-electron chi connectivity index (χ1n) is 12.2. The fourth-order valence-corrected chi connectivity index (χ4v) is 4.92. The number of benzene rings is 1.